The molecule has 0 radical (unpaired) electrons. The Morgan fingerprint density at radius 2 is 1.83 bits per heavy atom. The fourth-order valence-corrected chi connectivity index (χ4v) is 2.08. The standard InChI is InChI=1S/C8H6BrIO2/c9-5-1-2-6(10)8-7(5)11-3-4-12-8/h1-2H,3-4H2. The Hall–Kier alpha value is 0.0300. The maximum Gasteiger partial charge on any atom is 0.176 e. The average molecular weight is 341 g/mol. The third kappa shape index (κ3) is 1.42. The normalized spacial score (nSPS) is 14.5. The minimum absolute atomic E-state index is 0.631. The summed E-state index contributed by atoms with van der Waals surface area (Å²) < 4.78 is 13.0. The number of halogens is 2. The van der Waals surface area contributed by atoms with E-state index >= 15 is 0 Å². The molecule has 0 unspecified atom stereocenters. The zero-order valence-electron chi connectivity index (χ0n) is 6.14. The molecule has 2 nitrogen and oxygen atoms in total. The second-order valence-electron chi connectivity index (χ2n) is 2.38. The van der Waals surface area contributed by atoms with Crippen molar-refractivity contribution < 1.29 is 9.47 Å². The highest BCUT2D eigenvalue weighted by Crippen LogP contribution is 2.40. The summed E-state index contributed by atoms with van der Waals surface area (Å²) in [7, 11) is 0. The van der Waals surface area contributed by atoms with Gasteiger partial charge in [-0.2, -0.15) is 0 Å². The van der Waals surface area contributed by atoms with Crippen LogP contribution in [0.3, 0.4) is 0 Å². The minimum atomic E-state index is 0.631. The molecule has 1 aromatic carbocycles. The van der Waals surface area contributed by atoms with Crippen LogP contribution < -0.4 is 9.47 Å². The largest absolute Gasteiger partial charge is 0.485 e. The van der Waals surface area contributed by atoms with E-state index in [1.165, 1.54) is 0 Å². The highest BCUT2D eigenvalue weighted by molar-refractivity contribution is 14.1. The van der Waals surface area contributed by atoms with Crippen LogP contribution in [0.5, 0.6) is 11.5 Å². The smallest absolute Gasteiger partial charge is 0.176 e. The molecule has 0 bridgehead atoms. The van der Waals surface area contributed by atoms with Crippen LogP contribution in [0.15, 0.2) is 16.6 Å². The Kier molecular flexibility index (Phi) is 2.45. The van der Waals surface area contributed by atoms with Crippen molar-refractivity contribution in [2.45, 2.75) is 0 Å². The average Bonchev–Trinajstić information content (AvgIpc) is 2.12. The first-order valence-corrected chi connectivity index (χ1v) is 5.40. The van der Waals surface area contributed by atoms with Crippen LogP contribution in [0.4, 0.5) is 0 Å². The minimum Gasteiger partial charge on any atom is -0.485 e. The number of fused-ring (bicyclic) bond motifs is 1. The van der Waals surface area contributed by atoms with E-state index in [4.69, 9.17) is 9.47 Å². The first-order chi connectivity index (χ1) is 5.79. The lowest BCUT2D eigenvalue weighted by molar-refractivity contribution is 0.169. The van der Waals surface area contributed by atoms with Crippen LogP contribution in [0.2, 0.25) is 0 Å². The molecular weight excluding hydrogens is 335 g/mol. The van der Waals surface area contributed by atoms with E-state index in [9.17, 15) is 0 Å². The summed E-state index contributed by atoms with van der Waals surface area (Å²) >= 11 is 5.64. The number of hydrogen-bond acceptors (Lipinski definition) is 2. The van der Waals surface area contributed by atoms with E-state index in [1.54, 1.807) is 0 Å². The molecule has 0 amide bonds. The molecule has 1 aromatic rings. The van der Waals surface area contributed by atoms with Crippen molar-refractivity contribution in [2.75, 3.05) is 13.2 Å². The molecule has 0 saturated carbocycles. The Bertz CT molecular complexity index is 283. The quantitative estimate of drug-likeness (QED) is 0.676. The highest BCUT2D eigenvalue weighted by Gasteiger charge is 2.17. The molecule has 0 fully saturated rings. The Morgan fingerprint density at radius 1 is 1.17 bits per heavy atom. The van der Waals surface area contributed by atoms with Crippen LogP contribution in [-0.4, -0.2) is 13.2 Å². The summed E-state index contributed by atoms with van der Waals surface area (Å²) in [6.07, 6.45) is 0. The second kappa shape index (κ2) is 3.41. The van der Waals surface area contributed by atoms with Gasteiger partial charge in [0, 0.05) is 0 Å². The van der Waals surface area contributed by atoms with Crippen molar-refractivity contribution in [2.24, 2.45) is 0 Å². The Balaban J connectivity index is 2.57. The molecule has 1 aliphatic rings. The molecule has 0 N–H and O–H groups in total. The Morgan fingerprint density at radius 3 is 2.50 bits per heavy atom. The van der Waals surface area contributed by atoms with Gasteiger partial charge in [-0.3, -0.25) is 0 Å². The molecule has 0 aliphatic carbocycles. The summed E-state index contributed by atoms with van der Waals surface area (Å²) in [4.78, 5) is 0. The van der Waals surface area contributed by atoms with Crippen molar-refractivity contribution >= 4 is 38.5 Å². The van der Waals surface area contributed by atoms with Crippen LogP contribution in [0.1, 0.15) is 0 Å². The summed E-state index contributed by atoms with van der Waals surface area (Å²) in [5.74, 6) is 1.68. The topological polar surface area (TPSA) is 18.5 Å². The molecular formula is C8H6BrIO2. The molecule has 0 spiro atoms. The van der Waals surface area contributed by atoms with Gasteiger partial charge in [0.15, 0.2) is 11.5 Å². The molecule has 0 atom stereocenters. The first-order valence-electron chi connectivity index (χ1n) is 3.52. The van der Waals surface area contributed by atoms with Crippen molar-refractivity contribution in [1.29, 1.82) is 0 Å². The molecule has 0 aromatic heterocycles. The van der Waals surface area contributed by atoms with Gasteiger partial charge >= 0.3 is 0 Å². The fourth-order valence-electron chi connectivity index (χ4n) is 1.07. The maximum absolute atomic E-state index is 5.47. The van der Waals surface area contributed by atoms with Crippen molar-refractivity contribution in [3.63, 3.8) is 0 Å². The van der Waals surface area contributed by atoms with Crippen molar-refractivity contribution in [1.82, 2.24) is 0 Å². The van der Waals surface area contributed by atoms with E-state index < -0.39 is 0 Å². The van der Waals surface area contributed by atoms with E-state index in [-0.39, 0.29) is 0 Å². The molecule has 1 aliphatic heterocycles. The summed E-state index contributed by atoms with van der Waals surface area (Å²) in [5, 5.41) is 0. The molecule has 4 heteroatoms. The monoisotopic (exact) mass is 340 g/mol. The zero-order valence-corrected chi connectivity index (χ0v) is 9.88. The number of hydrogen-bond donors (Lipinski definition) is 0. The molecule has 0 saturated heterocycles. The predicted octanol–water partition coefficient (Wildman–Crippen LogP) is 2.82. The lowest BCUT2D eigenvalue weighted by Crippen LogP contribution is -2.16. The number of benzene rings is 1. The number of rotatable bonds is 0. The van der Waals surface area contributed by atoms with Crippen LogP contribution >= 0.6 is 38.5 Å². The van der Waals surface area contributed by atoms with E-state index in [0.29, 0.717) is 13.2 Å². The first kappa shape index (κ1) is 8.62. The molecule has 1 heterocycles. The zero-order chi connectivity index (χ0) is 8.55. The van der Waals surface area contributed by atoms with E-state index in [2.05, 4.69) is 38.5 Å². The van der Waals surface area contributed by atoms with E-state index in [0.717, 1.165) is 19.5 Å². The maximum atomic E-state index is 5.47. The predicted molar refractivity (Wildman–Crippen MR) is 57.8 cm³/mol. The van der Waals surface area contributed by atoms with Gasteiger partial charge in [-0.05, 0) is 50.7 Å². The summed E-state index contributed by atoms with van der Waals surface area (Å²) in [6, 6.07) is 3.97. The van der Waals surface area contributed by atoms with Crippen LogP contribution in [0, 0.1) is 3.57 Å². The molecule has 2 rings (SSSR count). The fraction of sp³-hybridized carbons (Fsp3) is 0.250. The second-order valence-corrected chi connectivity index (χ2v) is 4.40. The van der Waals surface area contributed by atoms with Gasteiger partial charge in [0.05, 0.1) is 8.04 Å². The highest BCUT2D eigenvalue weighted by atomic mass is 127. The van der Waals surface area contributed by atoms with Gasteiger partial charge in [-0.15, -0.1) is 0 Å². The third-order valence-corrected chi connectivity index (χ3v) is 3.07. The lowest BCUT2D eigenvalue weighted by Gasteiger charge is -2.20. The van der Waals surface area contributed by atoms with Gasteiger partial charge < -0.3 is 9.47 Å². The van der Waals surface area contributed by atoms with Gasteiger partial charge in [-0.1, -0.05) is 0 Å². The van der Waals surface area contributed by atoms with Gasteiger partial charge in [0.25, 0.3) is 0 Å². The van der Waals surface area contributed by atoms with Crippen LogP contribution in [-0.2, 0) is 0 Å². The molecule has 64 valence electrons. The van der Waals surface area contributed by atoms with Crippen molar-refractivity contribution in [3.8, 4) is 11.5 Å². The third-order valence-electron chi connectivity index (χ3n) is 1.59. The lowest BCUT2D eigenvalue weighted by atomic mass is 10.3. The SMILES string of the molecule is Brc1ccc(I)c2c1OCCO2. The van der Waals surface area contributed by atoms with Crippen LogP contribution in [0.25, 0.3) is 0 Å². The van der Waals surface area contributed by atoms with Gasteiger partial charge in [0.1, 0.15) is 13.2 Å². The van der Waals surface area contributed by atoms with Gasteiger partial charge in [-0.25, -0.2) is 0 Å². The van der Waals surface area contributed by atoms with E-state index in [1.807, 2.05) is 12.1 Å². The summed E-state index contributed by atoms with van der Waals surface area (Å²) in [6.45, 7) is 1.27. The molecule has 12 heavy (non-hydrogen) atoms. The summed E-state index contributed by atoms with van der Waals surface area (Å²) in [5.41, 5.74) is 0. The van der Waals surface area contributed by atoms with Crippen molar-refractivity contribution in [3.05, 3.63) is 20.2 Å². The Labute approximate surface area is 92.5 Å². The number of ether oxygens (including phenoxy) is 2. The van der Waals surface area contributed by atoms with Gasteiger partial charge in [0.2, 0.25) is 0 Å².